The summed E-state index contributed by atoms with van der Waals surface area (Å²) >= 11 is 0. The Bertz CT molecular complexity index is 450. The molecule has 2 rings (SSSR count). The highest BCUT2D eigenvalue weighted by molar-refractivity contribution is 5.25. The molecule has 0 radical (unpaired) electrons. The molecule has 1 aromatic rings. The number of nitrogens with one attached hydrogen (secondary N) is 1. The van der Waals surface area contributed by atoms with Crippen LogP contribution in [0, 0.1) is 5.92 Å². The van der Waals surface area contributed by atoms with Gasteiger partial charge in [0.2, 0.25) is 0 Å². The van der Waals surface area contributed by atoms with Gasteiger partial charge >= 0.3 is 0 Å². The van der Waals surface area contributed by atoms with Crippen molar-refractivity contribution in [3.63, 3.8) is 0 Å². The van der Waals surface area contributed by atoms with Crippen molar-refractivity contribution in [3.8, 4) is 0 Å². The van der Waals surface area contributed by atoms with Gasteiger partial charge in [-0.2, -0.15) is 0 Å². The molecule has 18 heavy (non-hydrogen) atoms. The average molecular weight is 248 g/mol. The molecule has 0 bridgehead atoms. The van der Waals surface area contributed by atoms with Gasteiger partial charge in [-0.15, -0.1) is 0 Å². The zero-order valence-electron chi connectivity index (χ0n) is 11.5. The lowest BCUT2D eigenvalue weighted by Crippen LogP contribution is -2.30. The lowest BCUT2D eigenvalue weighted by molar-refractivity contribution is 0.432. The van der Waals surface area contributed by atoms with Gasteiger partial charge in [0.15, 0.2) is 0 Å². The van der Waals surface area contributed by atoms with E-state index in [-0.39, 0.29) is 5.56 Å². The van der Waals surface area contributed by atoms with Crippen molar-refractivity contribution in [2.24, 2.45) is 5.92 Å². The van der Waals surface area contributed by atoms with Crippen LogP contribution < -0.4 is 10.9 Å². The maximum atomic E-state index is 12.0. The molecule has 0 fully saturated rings. The summed E-state index contributed by atoms with van der Waals surface area (Å²) in [5.74, 6) is 0.501. The number of hydrogen-bond donors (Lipinski definition) is 1. The molecule has 1 N–H and O–H groups in total. The summed E-state index contributed by atoms with van der Waals surface area (Å²) in [6.45, 7) is 7.28. The maximum absolute atomic E-state index is 12.0. The summed E-state index contributed by atoms with van der Waals surface area (Å²) in [6, 6.07) is 3.75. The average Bonchev–Trinajstić information content (AvgIpc) is 2.82. The third kappa shape index (κ3) is 3.02. The first-order valence-electron chi connectivity index (χ1n) is 7.14. The monoisotopic (exact) mass is 248 g/mol. The second-order valence-electron chi connectivity index (χ2n) is 5.42. The zero-order chi connectivity index (χ0) is 13.0. The van der Waals surface area contributed by atoms with E-state index in [4.69, 9.17) is 0 Å². The molecule has 0 aromatic carbocycles. The van der Waals surface area contributed by atoms with Crippen molar-refractivity contribution < 1.29 is 0 Å². The summed E-state index contributed by atoms with van der Waals surface area (Å²) in [5.41, 5.74) is 2.83. The standard InChI is InChI=1S/C15H24N2O/c1-3-9-16-10-12(2)11-17-14-6-4-5-13(14)7-8-15(17)18/h7-8,12,16H,3-6,9-11H2,1-2H3. The number of rotatable bonds is 6. The normalized spacial score (nSPS) is 15.7. The quantitative estimate of drug-likeness (QED) is 0.781. The van der Waals surface area contributed by atoms with Crippen LogP contribution in [0.3, 0.4) is 0 Å². The van der Waals surface area contributed by atoms with E-state index in [0.29, 0.717) is 5.92 Å². The Balaban J connectivity index is 2.05. The van der Waals surface area contributed by atoms with E-state index in [1.807, 2.05) is 10.6 Å². The summed E-state index contributed by atoms with van der Waals surface area (Å²) in [6.07, 6.45) is 4.56. The largest absolute Gasteiger partial charge is 0.316 e. The fraction of sp³-hybridized carbons (Fsp3) is 0.667. The molecule has 1 unspecified atom stereocenters. The van der Waals surface area contributed by atoms with Crippen LogP contribution in [0.25, 0.3) is 0 Å². The second kappa shape index (κ2) is 6.19. The molecule has 1 heterocycles. The first-order chi connectivity index (χ1) is 8.72. The molecule has 0 amide bonds. The zero-order valence-corrected chi connectivity index (χ0v) is 11.5. The molecule has 100 valence electrons. The Hall–Kier alpha value is -1.09. The molecular formula is C15H24N2O. The lowest BCUT2D eigenvalue weighted by Gasteiger charge is -2.17. The van der Waals surface area contributed by atoms with E-state index in [0.717, 1.165) is 38.9 Å². The second-order valence-corrected chi connectivity index (χ2v) is 5.42. The third-order valence-electron chi connectivity index (χ3n) is 3.66. The third-order valence-corrected chi connectivity index (χ3v) is 3.66. The highest BCUT2D eigenvalue weighted by atomic mass is 16.1. The Labute approximate surface area is 109 Å². The van der Waals surface area contributed by atoms with Gasteiger partial charge in [0, 0.05) is 18.3 Å². The van der Waals surface area contributed by atoms with Crippen molar-refractivity contribution in [2.75, 3.05) is 13.1 Å². The van der Waals surface area contributed by atoms with Gasteiger partial charge in [-0.3, -0.25) is 4.79 Å². The van der Waals surface area contributed by atoms with E-state index >= 15 is 0 Å². The number of aryl methyl sites for hydroxylation is 1. The predicted octanol–water partition coefficient (Wildman–Crippen LogP) is 1.97. The van der Waals surface area contributed by atoms with Crippen molar-refractivity contribution in [1.29, 1.82) is 0 Å². The van der Waals surface area contributed by atoms with E-state index in [9.17, 15) is 4.79 Å². The van der Waals surface area contributed by atoms with Gasteiger partial charge in [-0.25, -0.2) is 0 Å². The van der Waals surface area contributed by atoms with Crippen LogP contribution in [0.1, 0.15) is 37.9 Å². The van der Waals surface area contributed by atoms with E-state index in [2.05, 4.69) is 19.2 Å². The Morgan fingerprint density at radius 3 is 3.00 bits per heavy atom. The first-order valence-corrected chi connectivity index (χ1v) is 7.14. The van der Waals surface area contributed by atoms with E-state index in [1.165, 1.54) is 17.7 Å². The van der Waals surface area contributed by atoms with Crippen LogP contribution in [-0.4, -0.2) is 17.7 Å². The molecular weight excluding hydrogens is 224 g/mol. The van der Waals surface area contributed by atoms with Crippen LogP contribution >= 0.6 is 0 Å². The van der Waals surface area contributed by atoms with Crippen molar-refractivity contribution in [1.82, 2.24) is 9.88 Å². The number of aromatic nitrogens is 1. The van der Waals surface area contributed by atoms with Crippen molar-refractivity contribution in [3.05, 3.63) is 33.7 Å². The summed E-state index contributed by atoms with van der Waals surface area (Å²) in [7, 11) is 0. The van der Waals surface area contributed by atoms with Gasteiger partial charge in [-0.1, -0.05) is 19.9 Å². The SMILES string of the molecule is CCCNCC(C)Cn1c2c(ccc1=O)CCC2. The Kier molecular flexibility index (Phi) is 4.59. The maximum Gasteiger partial charge on any atom is 0.250 e. The number of pyridine rings is 1. The van der Waals surface area contributed by atoms with E-state index < -0.39 is 0 Å². The van der Waals surface area contributed by atoms with Crippen molar-refractivity contribution >= 4 is 0 Å². The van der Waals surface area contributed by atoms with Crippen molar-refractivity contribution in [2.45, 2.75) is 46.1 Å². The van der Waals surface area contributed by atoms with Crippen LogP contribution in [0.2, 0.25) is 0 Å². The molecule has 3 heteroatoms. The Morgan fingerprint density at radius 2 is 2.22 bits per heavy atom. The minimum absolute atomic E-state index is 0.165. The topological polar surface area (TPSA) is 34.0 Å². The van der Waals surface area contributed by atoms with Crippen LogP contribution in [0.5, 0.6) is 0 Å². The Morgan fingerprint density at radius 1 is 1.39 bits per heavy atom. The molecule has 0 aliphatic heterocycles. The summed E-state index contributed by atoms with van der Waals surface area (Å²) in [5, 5.41) is 3.43. The molecule has 0 spiro atoms. The lowest BCUT2D eigenvalue weighted by atomic mass is 10.1. The van der Waals surface area contributed by atoms with Gasteiger partial charge < -0.3 is 9.88 Å². The minimum Gasteiger partial charge on any atom is -0.316 e. The van der Waals surface area contributed by atoms with Crippen LogP contribution in [0.15, 0.2) is 16.9 Å². The van der Waals surface area contributed by atoms with Crippen LogP contribution in [-0.2, 0) is 19.4 Å². The molecule has 1 atom stereocenters. The summed E-state index contributed by atoms with van der Waals surface area (Å²) in [4.78, 5) is 12.0. The van der Waals surface area contributed by atoms with Crippen LogP contribution in [0.4, 0.5) is 0 Å². The highest BCUT2D eigenvalue weighted by Crippen LogP contribution is 2.20. The van der Waals surface area contributed by atoms with Gasteiger partial charge in [0.1, 0.15) is 0 Å². The van der Waals surface area contributed by atoms with E-state index in [1.54, 1.807) is 6.07 Å². The van der Waals surface area contributed by atoms with Gasteiger partial charge in [-0.05, 0) is 50.3 Å². The number of hydrogen-bond acceptors (Lipinski definition) is 2. The fourth-order valence-corrected chi connectivity index (χ4v) is 2.74. The highest BCUT2D eigenvalue weighted by Gasteiger charge is 2.16. The fourth-order valence-electron chi connectivity index (χ4n) is 2.74. The molecule has 0 saturated heterocycles. The molecule has 0 saturated carbocycles. The molecule has 1 aromatic heterocycles. The molecule has 3 nitrogen and oxygen atoms in total. The predicted molar refractivity (Wildman–Crippen MR) is 75.1 cm³/mol. The first kappa shape index (κ1) is 13.3. The molecule has 1 aliphatic carbocycles. The smallest absolute Gasteiger partial charge is 0.250 e. The summed E-state index contributed by atoms with van der Waals surface area (Å²) < 4.78 is 2.00. The molecule has 1 aliphatic rings. The van der Waals surface area contributed by atoms with Gasteiger partial charge in [0.25, 0.3) is 5.56 Å². The number of nitrogens with zero attached hydrogens (tertiary/aromatic N) is 1. The van der Waals surface area contributed by atoms with Gasteiger partial charge in [0.05, 0.1) is 0 Å². The minimum atomic E-state index is 0.165. The number of fused-ring (bicyclic) bond motifs is 1.